The minimum Gasteiger partial charge on any atom is -0.359 e. The number of hydrogen-bond donors (Lipinski definition) is 1. The molecule has 0 spiro atoms. The van der Waals surface area contributed by atoms with E-state index in [-0.39, 0.29) is 11.8 Å². The van der Waals surface area contributed by atoms with Gasteiger partial charge in [-0.2, -0.15) is 0 Å². The standard InChI is InChI=1S/C26H27N3O2/c1-27-25(31)26(13-16-29(17-14-26)24(30)22-11-7-15-28-19-22)18-21-10-5-6-12-23(21)20-8-3-2-4-9-20/h2-12,15,19H,13-14,16-18H2,1H3,(H,27,31). The fraction of sp³-hybridized carbons (Fsp3) is 0.269. The number of piperidine rings is 1. The summed E-state index contributed by atoms with van der Waals surface area (Å²) in [6.07, 6.45) is 5.16. The molecule has 1 N–H and O–H groups in total. The Morgan fingerprint density at radius 2 is 1.68 bits per heavy atom. The van der Waals surface area contributed by atoms with Gasteiger partial charge in [0, 0.05) is 32.5 Å². The summed E-state index contributed by atoms with van der Waals surface area (Å²) in [6.45, 7) is 1.10. The lowest BCUT2D eigenvalue weighted by Crippen LogP contribution is -2.50. The third-order valence-corrected chi connectivity index (χ3v) is 6.26. The second-order valence-corrected chi connectivity index (χ2v) is 8.09. The topological polar surface area (TPSA) is 62.3 Å². The number of nitrogens with one attached hydrogen (secondary N) is 1. The molecule has 0 atom stereocenters. The summed E-state index contributed by atoms with van der Waals surface area (Å²) < 4.78 is 0. The number of benzene rings is 2. The van der Waals surface area contributed by atoms with Crippen LogP contribution >= 0.6 is 0 Å². The summed E-state index contributed by atoms with van der Waals surface area (Å²) in [6, 6.07) is 22.1. The fourth-order valence-electron chi connectivity index (χ4n) is 4.50. The molecule has 2 aromatic carbocycles. The van der Waals surface area contributed by atoms with Gasteiger partial charge in [0.25, 0.3) is 5.91 Å². The summed E-state index contributed by atoms with van der Waals surface area (Å²) in [7, 11) is 1.69. The quantitative estimate of drug-likeness (QED) is 0.689. The van der Waals surface area contributed by atoms with Gasteiger partial charge in [-0.15, -0.1) is 0 Å². The first-order valence-corrected chi connectivity index (χ1v) is 10.7. The van der Waals surface area contributed by atoms with Crippen molar-refractivity contribution < 1.29 is 9.59 Å². The zero-order valence-corrected chi connectivity index (χ0v) is 17.8. The lowest BCUT2D eigenvalue weighted by Gasteiger charge is -2.41. The van der Waals surface area contributed by atoms with E-state index >= 15 is 0 Å². The Hall–Kier alpha value is -3.47. The van der Waals surface area contributed by atoms with Gasteiger partial charge >= 0.3 is 0 Å². The number of nitrogens with zero attached hydrogens (tertiary/aromatic N) is 2. The molecule has 31 heavy (non-hydrogen) atoms. The number of carbonyl (C=O) groups excluding carboxylic acids is 2. The van der Waals surface area contributed by atoms with Crippen LogP contribution in [-0.4, -0.2) is 41.8 Å². The van der Waals surface area contributed by atoms with Crippen molar-refractivity contribution in [1.29, 1.82) is 0 Å². The number of likely N-dealkylation sites (tertiary alicyclic amines) is 1. The van der Waals surface area contributed by atoms with Gasteiger partial charge in [-0.25, -0.2) is 0 Å². The van der Waals surface area contributed by atoms with Gasteiger partial charge in [-0.3, -0.25) is 14.6 Å². The van der Waals surface area contributed by atoms with Crippen LogP contribution in [0.5, 0.6) is 0 Å². The van der Waals surface area contributed by atoms with E-state index < -0.39 is 5.41 Å². The molecule has 0 aliphatic carbocycles. The SMILES string of the molecule is CNC(=O)C1(Cc2ccccc2-c2ccccc2)CCN(C(=O)c2cccnc2)CC1. The van der Waals surface area contributed by atoms with E-state index in [1.807, 2.05) is 35.2 Å². The third-order valence-electron chi connectivity index (χ3n) is 6.26. The summed E-state index contributed by atoms with van der Waals surface area (Å²) in [5.41, 5.74) is 3.51. The predicted molar refractivity (Wildman–Crippen MR) is 121 cm³/mol. The number of aromatic nitrogens is 1. The number of pyridine rings is 1. The molecule has 4 rings (SSSR count). The first-order valence-electron chi connectivity index (χ1n) is 10.7. The summed E-state index contributed by atoms with van der Waals surface area (Å²) in [4.78, 5) is 31.8. The van der Waals surface area contributed by atoms with Crippen LogP contribution in [0.2, 0.25) is 0 Å². The summed E-state index contributed by atoms with van der Waals surface area (Å²) in [5, 5.41) is 2.88. The Bertz CT molecular complexity index is 1040. The van der Waals surface area contributed by atoms with Gasteiger partial charge in [0.15, 0.2) is 0 Å². The van der Waals surface area contributed by atoms with Crippen LogP contribution in [0.4, 0.5) is 0 Å². The Morgan fingerprint density at radius 1 is 0.968 bits per heavy atom. The van der Waals surface area contributed by atoms with E-state index in [0.29, 0.717) is 37.9 Å². The molecular formula is C26H27N3O2. The number of hydrogen-bond acceptors (Lipinski definition) is 3. The predicted octanol–water partition coefficient (Wildman–Crippen LogP) is 3.96. The molecule has 1 saturated heterocycles. The summed E-state index contributed by atoms with van der Waals surface area (Å²) >= 11 is 0. The largest absolute Gasteiger partial charge is 0.359 e. The molecule has 2 amide bonds. The Labute approximate surface area is 183 Å². The van der Waals surface area contributed by atoms with Crippen molar-refractivity contribution in [1.82, 2.24) is 15.2 Å². The average molecular weight is 414 g/mol. The van der Waals surface area contributed by atoms with Gasteiger partial charge in [0.1, 0.15) is 0 Å². The molecule has 0 saturated carbocycles. The number of rotatable bonds is 5. The van der Waals surface area contributed by atoms with E-state index in [1.54, 1.807) is 31.6 Å². The van der Waals surface area contributed by atoms with Crippen molar-refractivity contribution >= 4 is 11.8 Å². The molecule has 1 aliphatic heterocycles. The average Bonchev–Trinajstić information content (AvgIpc) is 2.85. The van der Waals surface area contributed by atoms with Crippen molar-refractivity contribution in [2.24, 2.45) is 5.41 Å². The maximum atomic E-state index is 13.1. The molecule has 5 heteroatoms. The highest BCUT2D eigenvalue weighted by molar-refractivity contribution is 5.94. The maximum Gasteiger partial charge on any atom is 0.255 e. The van der Waals surface area contributed by atoms with E-state index in [9.17, 15) is 9.59 Å². The molecule has 1 fully saturated rings. The lowest BCUT2D eigenvalue weighted by atomic mass is 9.72. The highest BCUT2D eigenvalue weighted by Crippen LogP contribution is 2.38. The molecule has 0 unspecified atom stereocenters. The van der Waals surface area contributed by atoms with E-state index in [0.717, 1.165) is 16.7 Å². The third kappa shape index (κ3) is 4.36. The smallest absolute Gasteiger partial charge is 0.255 e. The zero-order chi connectivity index (χ0) is 21.7. The van der Waals surface area contributed by atoms with Crippen LogP contribution in [0.25, 0.3) is 11.1 Å². The van der Waals surface area contributed by atoms with Gasteiger partial charge < -0.3 is 10.2 Å². The second kappa shape index (κ2) is 9.13. The Morgan fingerprint density at radius 3 is 2.35 bits per heavy atom. The second-order valence-electron chi connectivity index (χ2n) is 8.09. The van der Waals surface area contributed by atoms with Crippen LogP contribution < -0.4 is 5.32 Å². The number of amides is 2. The molecule has 1 aromatic heterocycles. The maximum absolute atomic E-state index is 13.1. The minimum atomic E-state index is -0.536. The highest BCUT2D eigenvalue weighted by atomic mass is 16.2. The van der Waals surface area contributed by atoms with Gasteiger partial charge in [-0.05, 0) is 48.1 Å². The number of carbonyl (C=O) groups is 2. The fourth-order valence-corrected chi connectivity index (χ4v) is 4.50. The normalized spacial score (nSPS) is 15.3. The van der Waals surface area contributed by atoms with Crippen LogP contribution in [-0.2, 0) is 11.2 Å². The van der Waals surface area contributed by atoms with E-state index in [1.165, 1.54) is 0 Å². The van der Waals surface area contributed by atoms with Crippen molar-refractivity contribution in [2.75, 3.05) is 20.1 Å². The Balaban J connectivity index is 1.58. The molecular weight excluding hydrogens is 386 g/mol. The molecule has 2 heterocycles. The molecule has 0 bridgehead atoms. The van der Waals surface area contributed by atoms with Crippen molar-refractivity contribution in [3.05, 3.63) is 90.3 Å². The van der Waals surface area contributed by atoms with Gasteiger partial charge in [0.2, 0.25) is 5.91 Å². The highest BCUT2D eigenvalue weighted by Gasteiger charge is 2.42. The van der Waals surface area contributed by atoms with Crippen molar-refractivity contribution in [3.8, 4) is 11.1 Å². The first-order chi connectivity index (χ1) is 15.1. The van der Waals surface area contributed by atoms with Crippen LogP contribution in [0.3, 0.4) is 0 Å². The molecule has 1 aliphatic rings. The van der Waals surface area contributed by atoms with Crippen molar-refractivity contribution in [2.45, 2.75) is 19.3 Å². The lowest BCUT2D eigenvalue weighted by molar-refractivity contribution is -0.133. The molecule has 5 nitrogen and oxygen atoms in total. The van der Waals surface area contributed by atoms with Gasteiger partial charge in [-0.1, -0.05) is 54.6 Å². The zero-order valence-electron chi connectivity index (χ0n) is 17.8. The van der Waals surface area contributed by atoms with Crippen LogP contribution in [0.1, 0.15) is 28.8 Å². The van der Waals surface area contributed by atoms with Gasteiger partial charge in [0.05, 0.1) is 11.0 Å². The first kappa shape index (κ1) is 20.8. The summed E-state index contributed by atoms with van der Waals surface area (Å²) in [5.74, 6) is 0.0205. The minimum absolute atomic E-state index is 0.0247. The molecule has 3 aromatic rings. The van der Waals surface area contributed by atoms with Crippen molar-refractivity contribution in [3.63, 3.8) is 0 Å². The Kier molecular flexibility index (Phi) is 6.12. The van der Waals surface area contributed by atoms with Crippen LogP contribution in [0, 0.1) is 5.41 Å². The van der Waals surface area contributed by atoms with E-state index in [2.05, 4.69) is 34.6 Å². The molecule has 158 valence electrons. The van der Waals surface area contributed by atoms with E-state index in [4.69, 9.17) is 0 Å². The molecule has 0 radical (unpaired) electrons. The van der Waals surface area contributed by atoms with Crippen LogP contribution in [0.15, 0.2) is 79.1 Å². The monoisotopic (exact) mass is 413 g/mol.